The summed E-state index contributed by atoms with van der Waals surface area (Å²) in [5, 5.41) is 12.4. The van der Waals surface area contributed by atoms with Crippen molar-refractivity contribution < 1.29 is 14.7 Å². The number of amides is 1. The Morgan fingerprint density at radius 2 is 1.77 bits per heavy atom. The molecule has 1 aliphatic rings. The van der Waals surface area contributed by atoms with E-state index >= 15 is 0 Å². The summed E-state index contributed by atoms with van der Waals surface area (Å²) >= 11 is 0. The second kappa shape index (κ2) is 9.74. The van der Waals surface area contributed by atoms with E-state index in [9.17, 15) is 14.7 Å². The highest BCUT2D eigenvalue weighted by atomic mass is 16.4. The molecule has 6 nitrogen and oxygen atoms in total. The molecule has 1 aliphatic carbocycles. The Labute approximate surface area is 204 Å². The molecule has 0 saturated heterocycles. The van der Waals surface area contributed by atoms with E-state index in [4.69, 9.17) is 4.98 Å². The molecule has 1 saturated carbocycles. The summed E-state index contributed by atoms with van der Waals surface area (Å²) in [7, 11) is 0. The van der Waals surface area contributed by atoms with E-state index in [1.165, 1.54) is 5.56 Å². The number of imidazole rings is 1. The number of carboxylic acids is 1. The Hall–Kier alpha value is -3.93. The van der Waals surface area contributed by atoms with E-state index in [-0.39, 0.29) is 11.5 Å². The van der Waals surface area contributed by atoms with Crippen LogP contribution in [0.5, 0.6) is 0 Å². The van der Waals surface area contributed by atoms with Crippen LogP contribution >= 0.6 is 0 Å². The van der Waals surface area contributed by atoms with Gasteiger partial charge in [-0.3, -0.25) is 4.79 Å². The third-order valence-electron chi connectivity index (χ3n) is 6.76. The number of hydrogen-bond donors (Lipinski definition) is 2. The van der Waals surface area contributed by atoms with Crippen LogP contribution in [0, 0.1) is 0 Å². The number of carboxylic acid groups (broad SMARTS) is 1. The van der Waals surface area contributed by atoms with Gasteiger partial charge in [-0.2, -0.15) is 0 Å². The number of hydrogen-bond acceptors (Lipinski definition) is 3. The fourth-order valence-electron chi connectivity index (χ4n) is 5.01. The Kier molecular flexibility index (Phi) is 6.36. The summed E-state index contributed by atoms with van der Waals surface area (Å²) in [6.45, 7) is 2.15. The summed E-state index contributed by atoms with van der Waals surface area (Å²) in [5.41, 5.74) is 5.22. The molecule has 4 aromatic rings. The fraction of sp³-hybridized carbons (Fsp3) is 0.276. The molecule has 35 heavy (non-hydrogen) atoms. The monoisotopic (exact) mass is 467 g/mol. The quantitative estimate of drug-likeness (QED) is 0.316. The number of benzene rings is 3. The molecule has 0 radical (unpaired) electrons. The summed E-state index contributed by atoms with van der Waals surface area (Å²) in [5.74, 6) is -0.370. The summed E-state index contributed by atoms with van der Waals surface area (Å²) in [4.78, 5) is 29.4. The van der Waals surface area contributed by atoms with Gasteiger partial charge < -0.3 is 15.0 Å². The van der Waals surface area contributed by atoms with Gasteiger partial charge in [0.05, 0.1) is 16.6 Å². The van der Waals surface area contributed by atoms with Crippen molar-refractivity contribution in [3.63, 3.8) is 0 Å². The van der Waals surface area contributed by atoms with Gasteiger partial charge in [0, 0.05) is 22.9 Å². The zero-order chi connectivity index (χ0) is 24.4. The van der Waals surface area contributed by atoms with Gasteiger partial charge in [0.15, 0.2) is 0 Å². The fourth-order valence-corrected chi connectivity index (χ4v) is 5.01. The predicted octanol–water partition coefficient (Wildman–Crippen LogP) is 6.72. The molecule has 178 valence electrons. The van der Waals surface area contributed by atoms with Gasteiger partial charge in [0.1, 0.15) is 5.82 Å². The number of aryl methyl sites for hydroxylation is 1. The Balaban J connectivity index is 1.49. The third kappa shape index (κ3) is 4.69. The number of aromatic carboxylic acids is 1. The SMILES string of the molecule is CCCc1ccc(NC(=O)c2cccc(-c3nc4cc(C(=O)O)ccc4n3C3CCCC3)c2)cc1. The average molecular weight is 468 g/mol. The molecule has 0 spiro atoms. The third-order valence-corrected chi connectivity index (χ3v) is 6.76. The van der Waals surface area contributed by atoms with Crippen LogP contribution in [-0.2, 0) is 6.42 Å². The van der Waals surface area contributed by atoms with Crippen LogP contribution in [0.1, 0.15) is 71.3 Å². The molecule has 5 rings (SSSR count). The van der Waals surface area contributed by atoms with Crippen molar-refractivity contribution in [1.82, 2.24) is 9.55 Å². The molecule has 3 aromatic carbocycles. The van der Waals surface area contributed by atoms with E-state index in [1.54, 1.807) is 18.2 Å². The van der Waals surface area contributed by atoms with Crippen LogP contribution < -0.4 is 5.32 Å². The first-order valence-electron chi connectivity index (χ1n) is 12.3. The van der Waals surface area contributed by atoms with Crippen molar-refractivity contribution in [3.05, 3.63) is 83.4 Å². The zero-order valence-corrected chi connectivity index (χ0v) is 19.8. The predicted molar refractivity (Wildman–Crippen MR) is 138 cm³/mol. The molecular weight excluding hydrogens is 438 g/mol. The second-order valence-electron chi connectivity index (χ2n) is 9.23. The van der Waals surface area contributed by atoms with Crippen LogP contribution in [0.4, 0.5) is 5.69 Å². The van der Waals surface area contributed by atoms with E-state index in [0.29, 0.717) is 17.1 Å². The molecule has 0 bridgehead atoms. The number of aromatic nitrogens is 2. The minimum absolute atomic E-state index is 0.174. The van der Waals surface area contributed by atoms with Crippen molar-refractivity contribution in [2.45, 2.75) is 51.5 Å². The van der Waals surface area contributed by atoms with Gasteiger partial charge in [-0.05, 0) is 67.3 Å². The summed E-state index contributed by atoms with van der Waals surface area (Å²) in [6.07, 6.45) is 6.56. The summed E-state index contributed by atoms with van der Waals surface area (Å²) in [6, 6.07) is 20.9. The maximum absolute atomic E-state index is 13.0. The lowest BCUT2D eigenvalue weighted by atomic mass is 10.1. The number of carbonyl (C=O) groups excluding carboxylic acids is 1. The van der Waals surface area contributed by atoms with Crippen LogP contribution in [-0.4, -0.2) is 26.5 Å². The van der Waals surface area contributed by atoms with Gasteiger partial charge in [-0.25, -0.2) is 9.78 Å². The van der Waals surface area contributed by atoms with Gasteiger partial charge >= 0.3 is 5.97 Å². The van der Waals surface area contributed by atoms with E-state index < -0.39 is 5.97 Å². The maximum atomic E-state index is 13.0. The Morgan fingerprint density at radius 3 is 2.49 bits per heavy atom. The minimum Gasteiger partial charge on any atom is -0.478 e. The largest absolute Gasteiger partial charge is 0.478 e. The number of anilines is 1. The highest BCUT2D eigenvalue weighted by molar-refractivity contribution is 6.05. The van der Waals surface area contributed by atoms with Gasteiger partial charge in [0.25, 0.3) is 5.91 Å². The van der Waals surface area contributed by atoms with Crippen molar-refractivity contribution in [3.8, 4) is 11.4 Å². The normalized spacial score (nSPS) is 13.9. The smallest absolute Gasteiger partial charge is 0.335 e. The first-order valence-corrected chi connectivity index (χ1v) is 12.3. The molecule has 2 N–H and O–H groups in total. The van der Waals surface area contributed by atoms with Crippen LogP contribution in [0.3, 0.4) is 0 Å². The second-order valence-corrected chi connectivity index (χ2v) is 9.23. The number of nitrogens with zero attached hydrogens (tertiary/aromatic N) is 2. The number of nitrogens with one attached hydrogen (secondary N) is 1. The first-order chi connectivity index (χ1) is 17.0. The number of rotatable bonds is 7. The lowest BCUT2D eigenvalue weighted by molar-refractivity contribution is 0.0696. The average Bonchev–Trinajstić information content (AvgIpc) is 3.52. The molecule has 1 fully saturated rings. The number of fused-ring (bicyclic) bond motifs is 1. The molecule has 0 atom stereocenters. The Morgan fingerprint density at radius 1 is 1.00 bits per heavy atom. The van der Waals surface area contributed by atoms with Crippen molar-refractivity contribution in [2.24, 2.45) is 0 Å². The van der Waals surface area contributed by atoms with Crippen LogP contribution in [0.25, 0.3) is 22.4 Å². The molecule has 0 unspecified atom stereocenters. The molecule has 0 aliphatic heterocycles. The first kappa shape index (κ1) is 22.8. The van der Waals surface area contributed by atoms with Crippen molar-refractivity contribution in [1.29, 1.82) is 0 Å². The zero-order valence-electron chi connectivity index (χ0n) is 19.8. The van der Waals surface area contributed by atoms with Crippen LogP contribution in [0.2, 0.25) is 0 Å². The van der Waals surface area contributed by atoms with Gasteiger partial charge in [-0.1, -0.05) is 50.5 Å². The molecule has 1 heterocycles. The highest BCUT2D eigenvalue weighted by Gasteiger charge is 2.24. The molecule has 1 aromatic heterocycles. The molecule has 1 amide bonds. The lowest BCUT2D eigenvalue weighted by Crippen LogP contribution is -2.12. The lowest BCUT2D eigenvalue weighted by Gasteiger charge is -2.17. The maximum Gasteiger partial charge on any atom is 0.335 e. The van der Waals surface area contributed by atoms with Crippen molar-refractivity contribution in [2.75, 3.05) is 5.32 Å². The van der Waals surface area contributed by atoms with Gasteiger partial charge in [0.2, 0.25) is 0 Å². The minimum atomic E-state index is -0.967. The summed E-state index contributed by atoms with van der Waals surface area (Å²) < 4.78 is 2.23. The van der Waals surface area contributed by atoms with E-state index in [1.807, 2.05) is 48.5 Å². The van der Waals surface area contributed by atoms with Crippen molar-refractivity contribution >= 4 is 28.6 Å². The van der Waals surface area contributed by atoms with E-state index in [2.05, 4.69) is 16.8 Å². The number of carbonyl (C=O) groups is 2. The van der Waals surface area contributed by atoms with E-state index in [0.717, 1.165) is 61.1 Å². The van der Waals surface area contributed by atoms with Crippen LogP contribution in [0.15, 0.2) is 66.7 Å². The van der Waals surface area contributed by atoms with Gasteiger partial charge in [-0.15, -0.1) is 0 Å². The standard InChI is InChI=1S/C29H29N3O3/c1-2-6-19-11-14-23(15-12-19)30-28(33)21-8-5-7-20(17-21)27-31-25-18-22(29(34)35)13-16-26(25)32(27)24-9-3-4-10-24/h5,7-8,11-18,24H,2-4,6,9-10H2,1H3,(H,30,33)(H,34,35). The molecule has 6 heteroatoms. The highest BCUT2D eigenvalue weighted by Crippen LogP contribution is 2.37. The Bertz CT molecular complexity index is 1380. The topological polar surface area (TPSA) is 84.2 Å². The molecular formula is C29H29N3O3.